The van der Waals surface area contributed by atoms with Crippen molar-refractivity contribution in [2.75, 3.05) is 19.6 Å². The lowest BCUT2D eigenvalue weighted by molar-refractivity contribution is -0.122. The van der Waals surface area contributed by atoms with Gasteiger partial charge < -0.3 is 10.6 Å². The van der Waals surface area contributed by atoms with Crippen LogP contribution in [-0.2, 0) is 17.9 Å². The van der Waals surface area contributed by atoms with E-state index in [0.717, 1.165) is 25.1 Å². The van der Waals surface area contributed by atoms with Gasteiger partial charge >= 0.3 is 0 Å². The third-order valence-electron chi connectivity index (χ3n) is 4.49. The highest BCUT2D eigenvalue weighted by atomic mass is 79.9. The highest BCUT2D eigenvalue weighted by Crippen LogP contribution is 2.15. The highest BCUT2D eigenvalue weighted by molar-refractivity contribution is 9.09. The van der Waals surface area contributed by atoms with Crippen LogP contribution < -0.4 is 10.6 Å². The van der Waals surface area contributed by atoms with E-state index in [4.69, 9.17) is 0 Å². The number of likely N-dealkylation sites (tertiary alicyclic amines) is 1. The van der Waals surface area contributed by atoms with E-state index in [1.165, 1.54) is 31.5 Å². The fourth-order valence-corrected chi connectivity index (χ4v) is 3.73. The Morgan fingerprint density at radius 1 is 1.23 bits per heavy atom. The van der Waals surface area contributed by atoms with Crippen molar-refractivity contribution < 1.29 is 4.79 Å². The third kappa shape index (κ3) is 4.31. The summed E-state index contributed by atoms with van der Waals surface area (Å²) in [6, 6.07) is 8.56. The van der Waals surface area contributed by atoms with Crippen LogP contribution in [0, 0.1) is 0 Å². The molecule has 2 unspecified atom stereocenters. The molecule has 120 valence electrons. The maximum Gasteiger partial charge on any atom is 0.237 e. The van der Waals surface area contributed by atoms with Gasteiger partial charge in [0.25, 0.3) is 0 Å². The van der Waals surface area contributed by atoms with Gasteiger partial charge in [-0.3, -0.25) is 9.69 Å². The summed E-state index contributed by atoms with van der Waals surface area (Å²) in [7, 11) is 0. The Bertz CT molecular complexity index is 499. The van der Waals surface area contributed by atoms with Crippen molar-refractivity contribution in [1.82, 2.24) is 15.5 Å². The molecule has 0 aromatic heterocycles. The first kappa shape index (κ1) is 16.0. The van der Waals surface area contributed by atoms with Crippen molar-refractivity contribution in [2.45, 2.75) is 43.2 Å². The second-order valence-electron chi connectivity index (χ2n) is 6.31. The summed E-state index contributed by atoms with van der Waals surface area (Å²) >= 11 is 3.54. The van der Waals surface area contributed by atoms with Crippen LogP contribution >= 0.6 is 15.9 Å². The van der Waals surface area contributed by atoms with Gasteiger partial charge in [0, 0.05) is 24.5 Å². The number of carbonyl (C=O) groups is 1. The Hall–Kier alpha value is -0.910. The first-order valence-electron chi connectivity index (χ1n) is 8.16. The molecule has 1 amide bonds. The highest BCUT2D eigenvalue weighted by Gasteiger charge is 2.27. The van der Waals surface area contributed by atoms with E-state index in [2.05, 4.69) is 55.7 Å². The zero-order valence-electron chi connectivity index (χ0n) is 12.9. The summed E-state index contributed by atoms with van der Waals surface area (Å²) in [5.41, 5.74) is 2.52. The van der Waals surface area contributed by atoms with Crippen LogP contribution in [0.4, 0.5) is 0 Å². The van der Waals surface area contributed by atoms with Gasteiger partial charge in [-0.25, -0.2) is 0 Å². The number of hydrogen-bond acceptors (Lipinski definition) is 3. The smallest absolute Gasteiger partial charge is 0.237 e. The number of benzene rings is 1. The molecule has 2 atom stereocenters. The zero-order chi connectivity index (χ0) is 15.4. The second-order valence-corrected chi connectivity index (χ2v) is 7.61. The quantitative estimate of drug-likeness (QED) is 0.784. The van der Waals surface area contributed by atoms with Gasteiger partial charge in [0.05, 0.1) is 6.04 Å². The van der Waals surface area contributed by atoms with Gasteiger partial charge in [-0.05, 0) is 43.5 Å². The lowest BCUT2D eigenvalue weighted by Gasteiger charge is -2.15. The fraction of sp³-hybridized carbons (Fsp3) is 0.588. The first-order chi connectivity index (χ1) is 10.7. The number of hydrogen-bond donors (Lipinski definition) is 2. The van der Waals surface area contributed by atoms with Gasteiger partial charge in [-0.15, -0.1) is 0 Å². The molecule has 3 rings (SSSR count). The molecule has 2 N–H and O–H groups in total. The predicted molar refractivity (Wildman–Crippen MR) is 91.9 cm³/mol. The van der Waals surface area contributed by atoms with Gasteiger partial charge in [0.15, 0.2) is 0 Å². The van der Waals surface area contributed by atoms with Gasteiger partial charge in [0.1, 0.15) is 0 Å². The van der Waals surface area contributed by atoms with Crippen LogP contribution in [0.2, 0.25) is 0 Å². The molecule has 0 bridgehead atoms. The fourth-order valence-electron chi connectivity index (χ4n) is 3.17. The SMILES string of the molecule is O=C(NCc1ccc(CN2CCCC2)cc1)C1CC(Br)CN1. The molecular weight excluding hydrogens is 342 g/mol. The summed E-state index contributed by atoms with van der Waals surface area (Å²) in [4.78, 5) is 15.0. The molecule has 2 aliphatic heterocycles. The number of nitrogens with zero attached hydrogens (tertiary/aromatic N) is 1. The average Bonchev–Trinajstić information content (AvgIpc) is 3.18. The molecule has 2 heterocycles. The molecule has 0 saturated carbocycles. The second kappa shape index (κ2) is 7.57. The van der Waals surface area contributed by atoms with E-state index >= 15 is 0 Å². The van der Waals surface area contributed by atoms with Crippen molar-refractivity contribution >= 4 is 21.8 Å². The topological polar surface area (TPSA) is 44.4 Å². The summed E-state index contributed by atoms with van der Waals surface area (Å²) in [5, 5.41) is 6.25. The molecule has 2 fully saturated rings. The minimum Gasteiger partial charge on any atom is -0.351 e. The van der Waals surface area contributed by atoms with Crippen LogP contribution in [0.1, 0.15) is 30.4 Å². The monoisotopic (exact) mass is 365 g/mol. The van der Waals surface area contributed by atoms with Gasteiger partial charge in [-0.2, -0.15) is 0 Å². The van der Waals surface area contributed by atoms with E-state index in [1.54, 1.807) is 0 Å². The number of rotatable bonds is 5. The minimum atomic E-state index is -0.0567. The summed E-state index contributed by atoms with van der Waals surface area (Å²) in [6.07, 6.45) is 3.52. The number of carbonyl (C=O) groups excluding carboxylic acids is 1. The Morgan fingerprint density at radius 3 is 2.55 bits per heavy atom. The molecule has 5 heteroatoms. The molecular formula is C17H24BrN3O. The van der Waals surface area contributed by atoms with E-state index in [-0.39, 0.29) is 11.9 Å². The molecule has 0 aliphatic carbocycles. The van der Waals surface area contributed by atoms with Gasteiger partial charge in [0.2, 0.25) is 5.91 Å². The molecule has 1 aromatic rings. The molecule has 2 aliphatic rings. The molecule has 0 radical (unpaired) electrons. The third-order valence-corrected chi connectivity index (χ3v) is 5.19. The van der Waals surface area contributed by atoms with E-state index < -0.39 is 0 Å². The molecule has 0 spiro atoms. The number of amides is 1. The molecule has 4 nitrogen and oxygen atoms in total. The van der Waals surface area contributed by atoms with Crippen molar-refractivity contribution in [3.05, 3.63) is 35.4 Å². The Balaban J connectivity index is 1.45. The predicted octanol–water partition coefficient (Wildman–Crippen LogP) is 2.02. The van der Waals surface area contributed by atoms with Crippen molar-refractivity contribution in [3.63, 3.8) is 0 Å². The summed E-state index contributed by atoms with van der Waals surface area (Å²) in [5.74, 6) is 0.100. The maximum atomic E-state index is 12.1. The van der Waals surface area contributed by atoms with Crippen molar-refractivity contribution in [1.29, 1.82) is 0 Å². The summed E-state index contributed by atoms with van der Waals surface area (Å²) < 4.78 is 0. The Kier molecular flexibility index (Phi) is 5.50. The number of nitrogens with one attached hydrogen (secondary N) is 2. The lowest BCUT2D eigenvalue weighted by atomic mass is 10.1. The zero-order valence-corrected chi connectivity index (χ0v) is 14.4. The largest absolute Gasteiger partial charge is 0.351 e. The average molecular weight is 366 g/mol. The Labute approximate surface area is 140 Å². The van der Waals surface area contributed by atoms with Crippen LogP contribution in [0.3, 0.4) is 0 Å². The van der Waals surface area contributed by atoms with E-state index in [0.29, 0.717) is 11.4 Å². The van der Waals surface area contributed by atoms with Crippen LogP contribution in [0.15, 0.2) is 24.3 Å². The molecule has 22 heavy (non-hydrogen) atoms. The van der Waals surface area contributed by atoms with Gasteiger partial charge in [-0.1, -0.05) is 40.2 Å². The standard InChI is InChI=1S/C17H24BrN3O/c18-15-9-16(19-11-15)17(22)20-10-13-3-5-14(6-4-13)12-21-7-1-2-8-21/h3-6,15-16,19H,1-2,7-12H2,(H,20,22). The first-order valence-corrected chi connectivity index (χ1v) is 9.07. The minimum absolute atomic E-state index is 0.0567. The molecule has 1 aromatic carbocycles. The summed E-state index contributed by atoms with van der Waals surface area (Å²) in [6.45, 7) is 4.96. The maximum absolute atomic E-state index is 12.1. The molecule has 2 saturated heterocycles. The van der Waals surface area contributed by atoms with Crippen LogP contribution in [0.25, 0.3) is 0 Å². The normalized spacial score (nSPS) is 25.5. The Morgan fingerprint density at radius 2 is 1.91 bits per heavy atom. The van der Waals surface area contributed by atoms with E-state index in [9.17, 15) is 4.79 Å². The number of halogens is 1. The van der Waals surface area contributed by atoms with Crippen molar-refractivity contribution in [3.8, 4) is 0 Å². The number of alkyl halides is 1. The van der Waals surface area contributed by atoms with E-state index in [1.807, 2.05) is 0 Å². The van der Waals surface area contributed by atoms with Crippen LogP contribution in [0.5, 0.6) is 0 Å². The van der Waals surface area contributed by atoms with Crippen molar-refractivity contribution in [2.24, 2.45) is 0 Å². The van der Waals surface area contributed by atoms with Crippen LogP contribution in [-0.4, -0.2) is 41.3 Å². The lowest BCUT2D eigenvalue weighted by Crippen LogP contribution is -2.39.